The third-order valence-corrected chi connectivity index (χ3v) is 2.45. The predicted octanol–water partition coefficient (Wildman–Crippen LogP) is 2.06. The van der Waals surface area contributed by atoms with Gasteiger partial charge in [-0.3, -0.25) is 0 Å². The Hall–Kier alpha value is -2.36. The average molecular weight is 210 g/mol. The molecule has 2 heterocycles. The van der Waals surface area contributed by atoms with E-state index in [1.807, 2.05) is 33.7 Å². The Kier molecular flexibility index (Phi) is 2.04. The van der Waals surface area contributed by atoms with E-state index in [4.69, 9.17) is 0 Å². The summed E-state index contributed by atoms with van der Waals surface area (Å²) in [6, 6.07) is 8.12. The minimum Gasteiger partial charge on any atom is -0.304 e. The van der Waals surface area contributed by atoms with Gasteiger partial charge in [0.15, 0.2) is 0 Å². The number of benzene rings is 1. The fourth-order valence-electron chi connectivity index (χ4n) is 1.70. The molecule has 0 amide bonds. The van der Waals surface area contributed by atoms with Gasteiger partial charge in [0.1, 0.15) is 0 Å². The zero-order valence-corrected chi connectivity index (χ0v) is 8.56. The largest absolute Gasteiger partial charge is 0.304 e. The van der Waals surface area contributed by atoms with Gasteiger partial charge < -0.3 is 9.13 Å². The van der Waals surface area contributed by atoms with Crippen molar-refractivity contribution in [3.8, 4) is 11.4 Å². The summed E-state index contributed by atoms with van der Waals surface area (Å²) >= 11 is 0. The molecule has 0 aliphatic heterocycles. The second kappa shape index (κ2) is 3.66. The van der Waals surface area contributed by atoms with Gasteiger partial charge in [0, 0.05) is 24.8 Å². The van der Waals surface area contributed by atoms with Crippen LogP contribution in [0.5, 0.6) is 0 Å². The lowest BCUT2D eigenvalue weighted by Crippen LogP contribution is -1.99. The van der Waals surface area contributed by atoms with Crippen LogP contribution in [0.25, 0.3) is 11.4 Å². The molecule has 0 aliphatic rings. The van der Waals surface area contributed by atoms with Crippen molar-refractivity contribution in [3.63, 3.8) is 0 Å². The monoisotopic (exact) mass is 210 g/mol. The van der Waals surface area contributed by atoms with Crippen LogP contribution in [-0.4, -0.2) is 19.1 Å². The number of aromatic nitrogens is 4. The normalized spacial score (nSPS) is 10.5. The summed E-state index contributed by atoms with van der Waals surface area (Å²) in [4.78, 5) is 8.12. The Balaban J connectivity index is 2.19. The number of hydrogen-bond acceptors (Lipinski definition) is 2. The third kappa shape index (κ3) is 1.40. The van der Waals surface area contributed by atoms with Crippen molar-refractivity contribution in [1.29, 1.82) is 0 Å². The van der Waals surface area contributed by atoms with E-state index < -0.39 is 0 Å². The van der Waals surface area contributed by atoms with Crippen molar-refractivity contribution in [3.05, 3.63) is 61.7 Å². The van der Waals surface area contributed by atoms with Crippen molar-refractivity contribution in [2.45, 2.75) is 0 Å². The first-order chi connectivity index (χ1) is 7.95. The molecule has 0 bridgehead atoms. The molecule has 0 saturated heterocycles. The predicted molar refractivity (Wildman–Crippen MR) is 60.7 cm³/mol. The zero-order chi connectivity index (χ0) is 10.8. The quantitative estimate of drug-likeness (QED) is 0.649. The summed E-state index contributed by atoms with van der Waals surface area (Å²) in [7, 11) is 0. The molecule has 0 spiro atoms. The lowest BCUT2D eigenvalue weighted by atomic mass is 10.2. The van der Waals surface area contributed by atoms with Gasteiger partial charge in [-0.2, -0.15) is 0 Å². The summed E-state index contributed by atoms with van der Waals surface area (Å²) in [5.74, 6) is 0. The van der Waals surface area contributed by atoms with Gasteiger partial charge in [-0.1, -0.05) is 12.1 Å². The number of para-hydroxylation sites is 2. The molecule has 0 fully saturated rings. The number of rotatable bonds is 2. The van der Waals surface area contributed by atoms with Crippen LogP contribution < -0.4 is 0 Å². The standard InChI is InChI=1S/C12H10N4/c1-2-4-12(16-8-6-14-10-16)11(3-1)15-7-5-13-9-15/h1-10H. The van der Waals surface area contributed by atoms with Gasteiger partial charge in [0.2, 0.25) is 0 Å². The van der Waals surface area contributed by atoms with Crippen LogP contribution in [0.3, 0.4) is 0 Å². The maximum atomic E-state index is 4.06. The summed E-state index contributed by atoms with van der Waals surface area (Å²) < 4.78 is 3.96. The highest BCUT2D eigenvalue weighted by Gasteiger charge is 2.04. The van der Waals surface area contributed by atoms with Gasteiger partial charge in [-0.05, 0) is 12.1 Å². The highest BCUT2D eigenvalue weighted by Crippen LogP contribution is 2.17. The van der Waals surface area contributed by atoms with Crippen LogP contribution in [0.1, 0.15) is 0 Å². The van der Waals surface area contributed by atoms with E-state index in [1.165, 1.54) is 0 Å². The molecule has 1 aromatic carbocycles. The first-order valence-electron chi connectivity index (χ1n) is 5.01. The molecule has 16 heavy (non-hydrogen) atoms. The summed E-state index contributed by atoms with van der Waals surface area (Å²) in [6.07, 6.45) is 11.0. The molecule has 2 aromatic heterocycles. The molecule has 78 valence electrons. The van der Waals surface area contributed by atoms with Crippen LogP contribution in [0.4, 0.5) is 0 Å². The van der Waals surface area contributed by atoms with Gasteiger partial charge in [-0.15, -0.1) is 0 Å². The zero-order valence-electron chi connectivity index (χ0n) is 8.56. The maximum Gasteiger partial charge on any atom is 0.0992 e. The molecule has 3 aromatic rings. The van der Waals surface area contributed by atoms with Crippen molar-refractivity contribution in [1.82, 2.24) is 19.1 Å². The number of imidazole rings is 2. The highest BCUT2D eigenvalue weighted by atomic mass is 15.1. The van der Waals surface area contributed by atoms with E-state index in [9.17, 15) is 0 Å². The minimum atomic E-state index is 1.08. The van der Waals surface area contributed by atoms with E-state index in [1.54, 1.807) is 25.0 Å². The first kappa shape index (κ1) is 8.91. The summed E-state index contributed by atoms with van der Waals surface area (Å²) in [5.41, 5.74) is 2.16. The molecule has 4 heteroatoms. The second-order valence-corrected chi connectivity index (χ2v) is 3.43. The molecule has 0 unspecified atom stereocenters. The van der Waals surface area contributed by atoms with Crippen molar-refractivity contribution in [2.75, 3.05) is 0 Å². The van der Waals surface area contributed by atoms with Gasteiger partial charge in [0.05, 0.1) is 24.0 Å². The SMILES string of the molecule is c1ccc(-n2ccnc2)c(-n2ccnc2)c1. The number of hydrogen-bond donors (Lipinski definition) is 0. The van der Waals surface area contributed by atoms with Crippen molar-refractivity contribution >= 4 is 0 Å². The van der Waals surface area contributed by atoms with Crippen LogP contribution in [0, 0.1) is 0 Å². The number of nitrogens with zero attached hydrogens (tertiary/aromatic N) is 4. The van der Waals surface area contributed by atoms with Crippen molar-refractivity contribution in [2.24, 2.45) is 0 Å². The van der Waals surface area contributed by atoms with Gasteiger partial charge >= 0.3 is 0 Å². The van der Waals surface area contributed by atoms with Crippen LogP contribution in [0.2, 0.25) is 0 Å². The maximum absolute atomic E-state index is 4.06. The van der Waals surface area contributed by atoms with E-state index in [0.717, 1.165) is 11.4 Å². The topological polar surface area (TPSA) is 35.6 Å². The minimum absolute atomic E-state index is 1.08. The first-order valence-corrected chi connectivity index (χ1v) is 5.01. The Bertz CT molecular complexity index is 514. The van der Waals surface area contributed by atoms with E-state index in [0.29, 0.717) is 0 Å². The van der Waals surface area contributed by atoms with E-state index >= 15 is 0 Å². The second-order valence-electron chi connectivity index (χ2n) is 3.43. The van der Waals surface area contributed by atoms with Gasteiger partial charge in [0.25, 0.3) is 0 Å². The molecular formula is C12H10N4. The molecule has 4 nitrogen and oxygen atoms in total. The Morgan fingerprint density at radius 2 is 1.25 bits per heavy atom. The molecular weight excluding hydrogens is 200 g/mol. The highest BCUT2D eigenvalue weighted by molar-refractivity contribution is 5.52. The smallest absolute Gasteiger partial charge is 0.0992 e. The van der Waals surface area contributed by atoms with Crippen molar-refractivity contribution < 1.29 is 0 Å². The fraction of sp³-hybridized carbons (Fsp3) is 0. The Labute approximate surface area is 92.8 Å². The summed E-state index contributed by atoms with van der Waals surface area (Å²) in [6.45, 7) is 0. The van der Waals surface area contributed by atoms with Crippen LogP contribution in [-0.2, 0) is 0 Å². The van der Waals surface area contributed by atoms with E-state index in [-0.39, 0.29) is 0 Å². The fourth-order valence-corrected chi connectivity index (χ4v) is 1.70. The lowest BCUT2D eigenvalue weighted by molar-refractivity contribution is 0.985. The van der Waals surface area contributed by atoms with Crippen LogP contribution >= 0.6 is 0 Å². The third-order valence-electron chi connectivity index (χ3n) is 2.45. The molecule has 0 atom stereocenters. The van der Waals surface area contributed by atoms with E-state index in [2.05, 4.69) is 22.1 Å². The molecule has 0 radical (unpaired) electrons. The molecule has 0 N–H and O–H groups in total. The van der Waals surface area contributed by atoms with Gasteiger partial charge in [-0.25, -0.2) is 9.97 Å². The average Bonchev–Trinajstić information content (AvgIpc) is 3.03. The molecule has 0 saturated carbocycles. The lowest BCUT2D eigenvalue weighted by Gasteiger charge is -2.10. The molecule has 0 aliphatic carbocycles. The Morgan fingerprint density at radius 3 is 1.62 bits per heavy atom. The summed E-state index contributed by atoms with van der Waals surface area (Å²) in [5, 5.41) is 0. The van der Waals surface area contributed by atoms with Crippen LogP contribution in [0.15, 0.2) is 61.7 Å². The molecule has 3 rings (SSSR count). The Morgan fingerprint density at radius 1 is 0.750 bits per heavy atom.